The third kappa shape index (κ3) is 19.5. The molecular formula is Ir2Ni2Pt. The summed E-state index contributed by atoms with van der Waals surface area (Å²) in [7, 11) is 0. The molecule has 0 aliphatic rings. The Bertz CT molecular complexity index is 7.61. The predicted molar refractivity (Wildman–Crippen MR) is 0 cm³/mol. The van der Waals surface area contributed by atoms with Gasteiger partial charge in [-0.2, -0.15) is 0 Å². The maximum absolute atomic E-state index is 0. The van der Waals surface area contributed by atoms with Crippen molar-refractivity contribution in [1.29, 1.82) is 0 Å². The predicted octanol–water partition coefficient (Wildman–Crippen LogP) is -0.0125. The fraction of sp³-hybridized carbons (Fsp3) is 0. The van der Waals surface area contributed by atoms with E-state index < -0.39 is 0 Å². The van der Waals surface area contributed by atoms with Crippen molar-refractivity contribution in [2.24, 2.45) is 0 Å². The fourth-order valence-corrected chi connectivity index (χ4v) is 0. The molecule has 0 unspecified atom stereocenters. The zero-order chi connectivity index (χ0) is 0. The van der Waals surface area contributed by atoms with Crippen LogP contribution in [-0.2, 0) is 94.3 Å². The average Bonchev–Trinajstić information content (AvgIpc) is 0. The van der Waals surface area contributed by atoms with Gasteiger partial charge in [0.2, 0.25) is 0 Å². The molecule has 0 saturated carbocycles. The number of hydrogen-bond donors (Lipinski definition) is 0. The van der Waals surface area contributed by atoms with E-state index in [1.807, 2.05) is 0 Å². The molecule has 5 heavy (non-hydrogen) atoms. The largest absolute Gasteiger partial charge is 0 e. The minimum atomic E-state index is 0. The van der Waals surface area contributed by atoms with E-state index in [1.54, 1.807) is 0 Å². The SMILES string of the molecule is [Ir].[Ir].[Ni].[Ni].[Pt]. The maximum atomic E-state index is 0. The summed E-state index contributed by atoms with van der Waals surface area (Å²) in [5.41, 5.74) is 0. The topological polar surface area (TPSA) is 0 Å². The van der Waals surface area contributed by atoms with Crippen molar-refractivity contribution in [3.63, 3.8) is 0 Å². The van der Waals surface area contributed by atoms with Crippen molar-refractivity contribution in [3.05, 3.63) is 0 Å². The van der Waals surface area contributed by atoms with E-state index in [9.17, 15) is 0 Å². The Kier molecular flexibility index (Phi) is 247. The molecule has 0 aromatic carbocycles. The second-order valence-corrected chi connectivity index (χ2v) is 0. The van der Waals surface area contributed by atoms with Crippen molar-refractivity contribution in [3.8, 4) is 0 Å². The van der Waals surface area contributed by atoms with E-state index in [2.05, 4.69) is 0 Å². The van der Waals surface area contributed by atoms with Gasteiger partial charge in [0, 0.05) is 94.3 Å². The zero-order valence-electron chi connectivity index (χ0n) is 1.62. The van der Waals surface area contributed by atoms with Crippen LogP contribution in [0.25, 0.3) is 0 Å². The zero-order valence-corrected chi connectivity index (χ0v) is 10.7. The minimum Gasteiger partial charge on any atom is 0 e. The Labute approximate surface area is 92.8 Å². The second-order valence-electron chi connectivity index (χ2n) is 0. The molecule has 0 aromatic heterocycles. The van der Waals surface area contributed by atoms with Crippen LogP contribution >= 0.6 is 0 Å². The van der Waals surface area contributed by atoms with Gasteiger partial charge in [0.1, 0.15) is 0 Å². The average molecular weight is 697 g/mol. The van der Waals surface area contributed by atoms with Crippen LogP contribution in [0, 0.1) is 0 Å². The van der Waals surface area contributed by atoms with E-state index >= 15 is 0 Å². The molecule has 0 atom stereocenters. The Balaban J connectivity index is 0. The van der Waals surface area contributed by atoms with Gasteiger partial charge in [-0.05, 0) is 0 Å². The number of rotatable bonds is 0. The fourth-order valence-electron chi connectivity index (χ4n) is 0. The standard InChI is InChI=1S/2Ir.2Ni.Pt. The molecule has 0 aliphatic carbocycles. The summed E-state index contributed by atoms with van der Waals surface area (Å²) in [6.45, 7) is 0. The van der Waals surface area contributed by atoms with Gasteiger partial charge in [-0.3, -0.25) is 0 Å². The van der Waals surface area contributed by atoms with Crippen LogP contribution in [0.2, 0.25) is 0 Å². The first kappa shape index (κ1) is 43.8. The molecule has 0 N–H and O–H groups in total. The van der Waals surface area contributed by atoms with Crippen LogP contribution in [0.4, 0.5) is 0 Å². The van der Waals surface area contributed by atoms with Crippen LogP contribution in [0.5, 0.6) is 0 Å². The molecule has 0 rings (SSSR count). The van der Waals surface area contributed by atoms with Gasteiger partial charge in [-0.25, -0.2) is 0 Å². The molecule has 0 fully saturated rings. The molecule has 0 spiro atoms. The molecule has 0 amide bonds. The molecule has 0 saturated heterocycles. The van der Waals surface area contributed by atoms with Gasteiger partial charge >= 0.3 is 0 Å². The Hall–Kier alpha value is 2.97. The summed E-state index contributed by atoms with van der Waals surface area (Å²) < 4.78 is 0. The van der Waals surface area contributed by atoms with Crippen LogP contribution in [-0.4, -0.2) is 0 Å². The van der Waals surface area contributed by atoms with Crippen molar-refractivity contribution >= 4 is 0 Å². The molecule has 0 bridgehead atoms. The smallest absolute Gasteiger partial charge is 0 e. The quantitative estimate of drug-likeness (QED) is 0.313. The van der Waals surface area contributed by atoms with E-state index in [0.717, 1.165) is 0 Å². The molecule has 2 radical (unpaired) electrons. The van der Waals surface area contributed by atoms with E-state index in [1.165, 1.54) is 0 Å². The first-order chi connectivity index (χ1) is 0. The monoisotopic (exact) mass is 697 g/mol. The third-order valence-corrected chi connectivity index (χ3v) is 0. The molecule has 5 heteroatoms. The summed E-state index contributed by atoms with van der Waals surface area (Å²) >= 11 is 0. The van der Waals surface area contributed by atoms with Crippen molar-refractivity contribution in [1.82, 2.24) is 0 Å². The molecule has 0 aromatic rings. The summed E-state index contributed by atoms with van der Waals surface area (Å²) in [4.78, 5) is 0. The van der Waals surface area contributed by atoms with E-state index in [-0.39, 0.29) is 94.3 Å². The van der Waals surface area contributed by atoms with Crippen LogP contribution < -0.4 is 0 Å². The summed E-state index contributed by atoms with van der Waals surface area (Å²) in [5, 5.41) is 0. The Morgan fingerprint density at radius 2 is 0.600 bits per heavy atom. The van der Waals surface area contributed by atoms with Gasteiger partial charge in [-0.1, -0.05) is 0 Å². The summed E-state index contributed by atoms with van der Waals surface area (Å²) in [6.07, 6.45) is 0. The van der Waals surface area contributed by atoms with Gasteiger partial charge in [-0.15, -0.1) is 0 Å². The van der Waals surface area contributed by atoms with Crippen molar-refractivity contribution < 1.29 is 94.3 Å². The number of hydrogen-bond acceptors (Lipinski definition) is 0. The Morgan fingerprint density at radius 3 is 0.600 bits per heavy atom. The normalized spacial score (nSPS) is 0. The van der Waals surface area contributed by atoms with Crippen molar-refractivity contribution in [2.45, 2.75) is 0 Å². The minimum absolute atomic E-state index is 0. The van der Waals surface area contributed by atoms with E-state index in [0.29, 0.717) is 0 Å². The van der Waals surface area contributed by atoms with Gasteiger partial charge in [0.25, 0.3) is 0 Å². The molecular weight excluding hydrogens is 697 g/mol. The Morgan fingerprint density at radius 1 is 0.600 bits per heavy atom. The second kappa shape index (κ2) is 28.1. The molecule has 0 nitrogen and oxygen atoms in total. The molecule has 0 heterocycles. The van der Waals surface area contributed by atoms with E-state index in [4.69, 9.17) is 0 Å². The van der Waals surface area contributed by atoms with Gasteiger partial charge in [0.15, 0.2) is 0 Å². The van der Waals surface area contributed by atoms with Crippen molar-refractivity contribution in [2.75, 3.05) is 0 Å². The van der Waals surface area contributed by atoms with Crippen LogP contribution in [0.15, 0.2) is 0 Å². The molecule has 48 valence electrons. The van der Waals surface area contributed by atoms with Crippen LogP contribution in [0.3, 0.4) is 0 Å². The summed E-state index contributed by atoms with van der Waals surface area (Å²) in [6, 6.07) is 0. The first-order valence-electron chi connectivity index (χ1n) is 0. The third-order valence-electron chi connectivity index (χ3n) is 0. The summed E-state index contributed by atoms with van der Waals surface area (Å²) in [5.74, 6) is 0. The van der Waals surface area contributed by atoms with Gasteiger partial charge in [0.05, 0.1) is 0 Å². The molecule has 0 aliphatic heterocycles. The first-order valence-corrected chi connectivity index (χ1v) is 0. The van der Waals surface area contributed by atoms with Gasteiger partial charge < -0.3 is 0 Å². The van der Waals surface area contributed by atoms with Crippen LogP contribution in [0.1, 0.15) is 0 Å². The maximum Gasteiger partial charge on any atom is 0 e.